The molecular weight excluding hydrogens is 750 g/mol. The highest BCUT2D eigenvalue weighted by Crippen LogP contribution is 2.43. The van der Waals surface area contributed by atoms with Crippen LogP contribution in [0.2, 0.25) is 0 Å². The second kappa shape index (κ2) is 40.6. The molecule has 0 amide bonds. The van der Waals surface area contributed by atoms with E-state index >= 15 is 0 Å². The number of likely N-dealkylation sites (N-methyl/N-ethyl adjacent to an activating group) is 1. The van der Waals surface area contributed by atoms with Crippen LogP contribution in [0.1, 0.15) is 206 Å². The number of esters is 2. The molecule has 0 aromatic carbocycles. The van der Waals surface area contributed by atoms with Crippen molar-refractivity contribution in [3.05, 3.63) is 36.5 Å². The van der Waals surface area contributed by atoms with Gasteiger partial charge in [0.05, 0.1) is 27.7 Å². The van der Waals surface area contributed by atoms with Gasteiger partial charge in [-0.2, -0.15) is 0 Å². The second-order valence-electron chi connectivity index (χ2n) is 17.2. The third kappa shape index (κ3) is 43.8. The number of rotatable bonds is 43. The van der Waals surface area contributed by atoms with Crippen molar-refractivity contribution in [1.29, 1.82) is 0 Å². The summed E-state index contributed by atoms with van der Waals surface area (Å²) in [5, 5.41) is 0. The molecule has 10 heteroatoms. The molecule has 0 aromatic rings. The summed E-state index contributed by atoms with van der Waals surface area (Å²) >= 11 is 0. The second-order valence-corrected chi connectivity index (χ2v) is 18.6. The summed E-state index contributed by atoms with van der Waals surface area (Å²) in [5.41, 5.74) is 0. The molecule has 0 saturated heterocycles. The summed E-state index contributed by atoms with van der Waals surface area (Å²) in [6, 6.07) is 0. The zero-order chi connectivity index (χ0) is 42.8. The number of nitrogens with zero attached hydrogens (tertiary/aromatic N) is 1. The molecule has 0 radical (unpaired) electrons. The highest BCUT2D eigenvalue weighted by atomic mass is 31.2. The Balaban J connectivity index is 4.31. The van der Waals surface area contributed by atoms with Crippen molar-refractivity contribution in [1.82, 2.24) is 0 Å². The van der Waals surface area contributed by atoms with E-state index in [0.717, 1.165) is 57.8 Å². The summed E-state index contributed by atoms with van der Waals surface area (Å²) < 4.78 is 34.3. The van der Waals surface area contributed by atoms with Crippen LogP contribution in [0.4, 0.5) is 0 Å². The van der Waals surface area contributed by atoms with E-state index in [9.17, 15) is 19.0 Å². The molecule has 0 rings (SSSR count). The Morgan fingerprint density at radius 1 is 0.534 bits per heavy atom. The molecule has 2 atom stereocenters. The lowest BCUT2D eigenvalue weighted by Gasteiger charge is -2.24. The smallest absolute Gasteiger partial charge is 0.462 e. The summed E-state index contributed by atoms with van der Waals surface area (Å²) in [5.74, 6) is -0.815. The minimum atomic E-state index is -4.38. The molecule has 1 N–H and O–H groups in total. The van der Waals surface area contributed by atoms with E-state index in [1.165, 1.54) is 116 Å². The van der Waals surface area contributed by atoms with Crippen LogP contribution < -0.4 is 0 Å². The van der Waals surface area contributed by atoms with Crippen LogP contribution in [0.5, 0.6) is 0 Å². The van der Waals surface area contributed by atoms with Crippen molar-refractivity contribution in [2.75, 3.05) is 47.5 Å². The molecule has 0 spiro atoms. The van der Waals surface area contributed by atoms with Crippen molar-refractivity contribution in [2.45, 2.75) is 213 Å². The van der Waals surface area contributed by atoms with Gasteiger partial charge in [-0.25, -0.2) is 4.57 Å². The van der Waals surface area contributed by atoms with Gasteiger partial charge in [-0.3, -0.25) is 18.6 Å². The van der Waals surface area contributed by atoms with Crippen LogP contribution in [-0.4, -0.2) is 74.9 Å². The molecule has 0 saturated carbocycles. The van der Waals surface area contributed by atoms with Crippen molar-refractivity contribution in [3.63, 3.8) is 0 Å². The predicted molar refractivity (Wildman–Crippen MR) is 243 cm³/mol. The van der Waals surface area contributed by atoms with Crippen molar-refractivity contribution < 1.29 is 42.1 Å². The maximum atomic E-state index is 12.7. The molecule has 0 heterocycles. The monoisotopic (exact) mass is 841 g/mol. The Labute approximate surface area is 357 Å². The van der Waals surface area contributed by atoms with Crippen LogP contribution in [0.15, 0.2) is 36.5 Å². The number of carbonyl (C=O) groups excluding carboxylic acids is 2. The first-order chi connectivity index (χ1) is 28.0. The maximum Gasteiger partial charge on any atom is 0.472 e. The van der Waals surface area contributed by atoms with E-state index in [1.807, 2.05) is 21.1 Å². The maximum absolute atomic E-state index is 12.7. The SMILES string of the molecule is CCCCCC/C=C/C=C/CCCCCCCC(=O)O[C@H](COC(=O)CCCCCCCCCCC/C=C/CCCCCCCC)COP(=O)(O)OCC[N+](C)(C)C. The van der Waals surface area contributed by atoms with E-state index in [-0.39, 0.29) is 32.0 Å². The van der Waals surface area contributed by atoms with E-state index in [1.54, 1.807) is 0 Å². The molecule has 0 bridgehead atoms. The fourth-order valence-corrected chi connectivity index (χ4v) is 7.15. The Morgan fingerprint density at radius 3 is 1.40 bits per heavy atom. The zero-order valence-electron chi connectivity index (χ0n) is 38.3. The number of allylic oxidation sites excluding steroid dienone is 6. The average Bonchev–Trinajstić information content (AvgIpc) is 3.17. The van der Waals surface area contributed by atoms with E-state index in [0.29, 0.717) is 17.4 Å². The van der Waals surface area contributed by atoms with Crippen LogP contribution >= 0.6 is 7.82 Å². The number of carbonyl (C=O) groups is 2. The van der Waals surface area contributed by atoms with Gasteiger partial charge in [0, 0.05) is 12.8 Å². The van der Waals surface area contributed by atoms with Gasteiger partial charge in [0.1, 0.15) is 19.8 Å². The van der Waals surface area contributed by atoms with Gasteiger partial charge in [0.2, 0.25) is 0 Å². The number of hydrogen-bond acceptors (Lipinski definition) is 7. The quantitative estimate of drug-likeness (QED) is 0.0161. The van der Waals surface area contributed by atoms with Crippen LogP contribution in [0, 0.1) is 0 Å². The minimum absolute atomic E-state index is 0.0283. The summed E-state index contributed by atoms with van der Waals surface area (Å²) in [7, 11) is 1.47. The van der Waals surface area contributed by atoms with Gasteiger partial charge >= 0.3 is 19.8 Å². The Hall–Kier alpha value is -1.77. The molecule has 0 fully saturated rings. The number of ether oxygens (including phenoxy) is 2. The number of hydrogen-bond donors (Lipinski definition) is 1. The van der Waals surface area contributed by atoms with Gasteiger partial charge in [0.15, 0.2) is 6.10 Å². The third-order valence-corrected chi connectivity index (χ3v) is 11.2. The summed E-state index contributed by atoms with van der Waals surface area (Å²) in [4.78, 5) is 35.4. The Bertz CT molecular complexity index is 1090. The summed E-state index contributed by atoms with van der Waals surface area (Å²) in [6.45, 7) is 4.39. The predicted octanol–water partition coefficient (Wildman–Crippen LogP) is 13.7. The number of unbranched alkanes of at least 4 members (excludes halogenated alkanes) is 24. The van der Waals surface area contributed by atoms with Crippen LogP contribution in [-0.2, 0) is 32.7 Å². The van der Waals surface area contributed by atoms with Crippen molar-refractivity contribution in [2.24, 2.45) is 0 Å². The largest absolute Gasteiger partial charge is 0.472 e. The highest BCUT2D eigenvalue weighted by Gasteiger charge is 2.27. The lowest BCUT2D eigenvalue weighted by Crippen LogP contribution is -2.37. The lowest BCUT2D eigenvalue weighted by molar-refractivity contribution is -0.870. The van der Waals surface area contributed by atoms with Crippen molar-refractivity contribution >= 4 is 19.8 Å². The van der Waals surface area contributed by atoms with E-state index in [2.05, 4.69) is 50.3 Å². The zero-order valence-corrected chi connectivity index (χ0v) is 39.2. The molecule has 58 heavy (non-hydrogen) atoms. The Kier molecular flexibility index (Phi) is 39.4. The molecule has 0 aromatic heterocycles. The number of phosphoric ester groups is 1. The molecule has 0 aliphatic rings. The number of phosphoric acid groups is 1. The topological polar surface area (TPSA) is 108 Å². The molecule has 1 unspecified atom stereocenters. The summed E-state index contributed by atoms with van der Waals surface area (Å²) in [6.07, 6.45) is 46.2. The Morgan fingerprint density at radius 2 is 0.931 bits per heavy atom. The standard InChI is InChI=1S/C48H90NO8P/c1-6-8-10-12-14-16-18-20-22-23-24-25-27-28-30-32-34-36-38-40-47(50)54-44-46(45-56-58(52,53)55-43-42-49(3,4)5)57-48(51)41-39-37-35-33-31-29-26-21-19-17-15-13-11-9-7-2/h17,19-22,26,46H,6-16,18,23-25,27-45H2,1-5H3/p+1/b19-17+,22-20+,26-21+/t46-/m1/s1. The van der Waals surface area contributed by atoms with Crippen LogP contribution in [0.25, 0.3) is 0 Å². The molecule has 9 nitrogen and oxygen atoms in total. The first kappa shape index (κ1) is 56.2. The van der Waals surface area contributed by atoms with Gasteiger partial charge in [-0.05, 0) is 64.2 Å². The van der Waals surface area contributed by atoms with Gasteiger partial charge in [-0.15, -0.1) is 0 Å². The first-order valence-electron chi connectivity index (χ1n) is 23.7. The first-order valence-corrected chi connectivity index (χ1v) is 25.2. The van der Waals surface area contributed by atoms with Gasteiger partial charge < -0.3 is 18.9 Å². The number of quaternary nitrogens is 1. The molecule has 0 aliphatic carbocycles. The van der Waals surface area contributed by atoms with Crippen LogP contribution in [0.3, 0.4) is 0 Å². The third-order valence-electron chi connectivity index (χ3n) is 10.2. The highest BCUT2D eigenvalue weighted by molar-refractivity contribution is 7.47. The van der Waals surface area contributed by atoms with Gasteiger partial charge in [-0.1, -0.05) is 166 Å². The molecular formula is C48H91NO8P+. The molecule has 0 aliphatic heterocycles. The lowest BCUT2D eigenvalue weighted by atomic mass is 10.1. The van der Waals surface area contributed by atoms with E-state index < -0.39 is 26.5 Å². The molecule has 340 valence electrons. The normalized spacial score (nSPS) is 13.8. The fourth-order valence-electron chi connectivity index (χ4n) is 6.41. The van der Waals surface area contributed by atoms with Gasteiger partial charge in [0.25, 0.3) is 0 Å². The fraction of sp³-hybridized carbons (Fsp3) is 0.833. The van der Waals surface area contributed by atoms with Crippen molar-refractivity contribution in [3.8, 4) is 0 Å². The average molecular weight is 841 g/mol. The minimum Gasteiger partial charge on any atom is -0.462 e. The van der Waals surface area contributed by atoms with E-state index in [4.69, 9.17) is 18.5 Å².